The van der Waals surface area contributed by atoms with E-state index in [1.54, 1.807) is 11.3 Å². The van der Waals surface area contributed by atoms with Crippen molar-refractivity contribution in [2.24, 2.45) is 0 Å². The molecule has 26 heavy (non-hydrogen) atoms. The minimum absolute atomic E-state index is 0.178. The third kappa shape index (κ3) is 3.80. The summed E-state index contributed by atoms with van der Waals surface area (Å²) in [6.07, 6.45) is 9.02. The Hall–Kier alpha value is -1.44. The van der Waals surface area contributed by atoms with E-state index >= 15 is 0 Å². The minimum Gasteiger partial charge on any atom is -0.294 e. The molecular formula is C19H25N3O2S2. The van der Waals surface area contributed by atoms with Crippen LogP contribution in [0.15, 0.2) is 35.8 Å². The number of nitrogens with zero attached hydrogens (tertiary/aromatic N) is 2. The fraction of sp³-hybridized carbons (Fsp3) is 0.526. The van der Waals surface area contributed by atoms with Gasteiger partial charge in [-0.05, 0) is 55.3 Å². The van der Waals surface area contributed by atoms with Crippen LogP contribution in [0.5, 0.6) is 0 Å². The lowest BCUT2D eigenvalue weighted by Crippen LogP contribution is -2.51. The SMILES string of the molecule is CS(=O)(=O)Nc1cccc(C23CCCC(C2)N(Cc2nccs2)CC3)c1. The Balaban J connectivity index is 1.55. The van der Waals surface area contributed by atoms with E-state index in [0.717, 1.165) is 25.9 Å². The number of nitrogens with one attached hydrogen (secondary N) is 1. The molecule has 5 nitrogen and oxygen atoms in total. The van der Waals surface area contributed by atoms with Crippen molar-refractivity contribution in [1.82, 2.24) is 9.88 Å². The highest BCUT2D eigenvalue weighted by Gasteiger charge is 2.43. The van der Waals surface area contributed by atoms with E-state index in [0.29, 0.717) is 11.7 Å². The van der Waals surface area contributed by atoms with Crippen molar-refractivity contribution in [3.63, 3.8) is 0 Å². The summed E-state index contributed by atoms with van der Waals surface area (Å²) in [4.78, 5) is 7.04. The molecule has 7 heteroatoms. The summed E-state index contributed by atoms with van der Waals surface area (Å²) in [5, 5.41) is 3.24. The van der Waals surface area contributed by atoms with Crippen molar-refractivity contribution in [3.05, 3.63) is 46.4 Å². The molecule has 2 aliphatic rings. The lowest BCUT2D eigenvalue weighted by atomic mass is 9.63. The van der Waals surface area contributed by atoms with Gasteiger partial charge in [-0.2, -0.15) is 0 Å². The maximum atomic E-state index is 11.6. The van der Waals surface area contributed by atoms with Crippen LogP contribution in [0.4, 0.5) is 5.69 Å². The summed E-state index contributed by atoms with van der Waals surface area (Å²) in [7, 11) is -3.25. The normalized spacial score (nSPS) is 26.6. The fourth-order valence-corrected chi connectivity index (χ4v) is 5.85. The molecule has 2 atom stereocenters. The van der Waals surface area contributed by atoms with Crippen LogP contribution in [-0.4, -0.2) is 37.1 Å². The summed E-state index contributed by atoms with van der Waals surface area (Å²) in [6.45, 7) is 2.03. The highest BCUT2D eigenvalue weighted by Crippen LogP contribution is 2.47. The molecule has 1 aromatic heterocycles. The molecule has 2 aromatic rings. The average Bonchev–Trinajstić information content (AvgIpc) is 3.10. The van der Waals surface area contributed by atoms with Gasteiger partial charge in [-0.1, -0.05) is 18.6 Å². The van der Waals surface area contributed by atoms with Crippen LogP contribution in [0, 0.1) is 0 Å². The first kappa shape index (κ1) is 17.9. The number of sulfonamides is 1. The maximum Gasteiger partial charge on any atom is 0.229 e. The standard InChI is InChI=1S/C19H25N3O2S2/c1-26(23,24)21-16-5-2-4-15(12-16)19-7-3-6-17(13-19)22(10-8-19)14-18-20-9-11-25-18/h2,4-5,9,11-12,17,21H,3,6-8,10,13-14H2,1H3. The molecule has 0 spiro atoms. The monoisotopic (exact) mass is 391 g/mol. The van der Waals surface area contributed by atoms with E-state index in [2.05, 4.69) is 20.7 Å². The molecule has 2 heterocycles. The molecule has 1 N–H and O–H groups in total. The van der Waals surface area contributed by atoms with Gasteiger partial charge in [0.1, 0.15) is 5.01 Å². The van der Waals surface area contributed by atoms with Crippen LogP contribution in [0.2, 0.25) is 0 Å². The van der Waals surface area contributed by atoms with Gasteiger partial charge >= 0.3 is 0 Å². The zero-order valence-electron chi connectivity index (χ0n) is 15.0. The quantitative estimate of drug-likeness (QED) is 0.846. The van der Waals surface area contributed by atoms with Crippen molar-refractivity contribution in [2.45, 2.75) is 50.1 Å². The van der Waals surface area contributed by atoms with Gasteiger partial charge in [0, 0.05) is 23.3 Å². The van der Waals surface area contributed by atoms with Gasteiger partial charge in [0.05, 0.1) is 12.8 Å². The third-order valence-electron chi connectivity index (χ3n) is 5.81. The van der Waals surface area contributed by atoms with Gasteiger partial charge in [0.25, 0.3) is 0 Å². The number of anilines is 1. The van der Waals surface area contributed by atoms with E-state index in [1.165, 1.54) is 36.1 Å². The van der Waals surface area contributed by atoms with Crippen molar-refractivity contribution < 1.29 is 8.42 Å². The molecule has 2 fully saturated rings. The van der Waals surface area contributed by atoms with Crippen molar-refractivity contribution in [3.8, 4) is 0 Å². The number of benzene rings is 1. The highest BCUT2D eigenvalue weighted by atomic mass is 32.2. The Morgan fingerprint density at radius 3 is 3.04 bits per heavy atom. The second-order valence-corrected chi connectivity index (χ2v) is 10.4. The topological polar surface area (TPSA) is 62.3 Å². The van der Waals surface area contributed by atoms with Gasteiger partial charge in [0.2, 0.25) is 10.0 Å². The fourth-order valence-electron chi connectivity index (χ4n) is 4.66. The predicted octanol–water partition coefficient (Wildman–Crippen LogP) is 3.60. The first-order chi connectivity index (χ1) is 12.4. The van der Waals surface area contributed by atoms with Crippen molar-refractivity contribution in [2.75, 3.05) is 17.5 Å². The molecule has 1 aliphatic carbocycles. The van der Waals surface area contributed by atoms with Gasteiger partial charge in [-0.25, -0.2) is 13.4 Å². The van der Waals surface area contributed by atoms with Crippen LogP contribution < -0.4 is 4.72 Å². The zero-order valence-corrected chi connectivity index (χ0v) is 16.7. The van der Waals surface area contributed by atoms with E-state index in [4.69, 9.17) is 0 Å². The Morgan fingerprint density at radius 2 is 2.27 bits per heavy atom. The predicted molar refractivity (Wildman–Crippen MR) is 106 cm³/mol. The lowest BCUT2D eigenvalue weighted by Gasteiger charge is -2.50. The second kappa shape index (κ2) is 6.94. The molecule has 1 saturated carbocycles. The number of likely N-dealkylation sites (tertiary alicyclic amines) is 1. The number of aromatic nitrogens is 1. The van der Waals surface area contributed by atoms with Crippen molar-refractivity contribution in [1.29, 1.82) is 0 Å². The number of fused-ring (bicyclic) bond motifs is 2. The Bertz CT molecular complexity index is 867. The maximum absolute atomic E-state index is 11.6. The molecule has 1 aromatic carbocycles. The van der Waals surface area contributed by atoms with E-state index < -0.39 is 10.0 Å². The highest BCUT2D eigenvalue weighted by molar-refractivity contribution is 7.92. The Labute approximate surface area is 159 Å². The van der Waals surface area contributed by atoms with Crippen LogP contribution in [-0.2, 0) is 22.0 Å². The lowest BCUT2D eigenvalue weighted by molar-refractivity contribution is 0.0458. The first-order valence-electron chi connectivity index (χ1n) is 9.14. The summed E-state index contributed by atoms with van der Waals surface area (Å²) in [5.74, 6) is 0. The summed E-state index contributed by atoms with van der Waals surface area (Å²) in [5.41, 5.74) is 2.13. The van der Waals surface area contributed by atoms with E-state index in [1.807, 2.05) is 29.8 Å². The molecule has 4 rings (SSSR count). The number of rotatable bonds is 5. The average molecular weight is 392 g/mol. The van der Waals surface area contributed by atoms with Gasteiger partial charge in [-0.15, -0.1) is 11.3 Å². The number of thiazole rings is 1. The minimum atomic E-state index is -3.25. The third-order valence-corrected chi connectivity index (χ3v) is 7.18. The van der Waals surface area contributed by atoms with Gasteiger partial charge in [-0.3, -0.25) is 9.62 Å². The molecule has 2 bridgehead atoms. The van der Waals surface area contributed by atoms with E-state index in [9.17, 15) is 8.42 Å². The molecule has 2 unspecified atom stereocenters. The molecule has 0 amide bonds. The van der Waals surface area contributed by atoms with Gasteiger partial charge < -0.3 is 0 Å². The molecule has 0 radical (unpaired) electrons. The Kier molecular flexibility index (Phi) is 4.79. The number of hydrogen-bond donors (Lipinski definition) is 1. The van der Waals surface area contributed by atoms with E-state index in [-0.39, 0.29) is 5.41 Å². The van der Waals surface area contributed by atoms with Crippen LogP contribution in [0.1, 0.15) is 42.7 Å². The van der Waals surface area contributed by atoms with Crippen molar-refractivity contribution >= 4 is 27.0 Å². The largest absolute Gasteiger partial charge is 0.294 e. The van der Waals surface area contributed by atoms with Gasteiger partial charge in [0.15, 0.2) is 0 Å². The molecule has 140 valence electrons. The summed E-state index contributed by atoms with van der Waals surface area (Å²) < 4.78 is 25.8. The smallest absolute Gasteiger partial charge is 0.229 e. The zero-order chi connectivity index (χ0) is 18.2. The summed E-state index contributed by atoms with van der Waals surface area (Å²) in [6, 6.07) is 8.61. The number of hydrogen-bond acceptors (Lipinski definition) is 5. The molecule has 1 saturated heterocycles. The number of piperidine rings is 1. The molecular weight excluding hydrogens is 366 g/mol. The first-order valence-corrected chi connectivity index (χ1v) is 11.9. The Morgan fingerprint density at radius 1 is 1.38 bits per heavy atom. The molecule has 1 aliphatic heterocycles. The van der Waals surface area contributed by atoms with Crippen LogP contribution in [0.3, 0.4) is 0 Å². The van der Waals surface area contributed by atoms with Crippen LogP contribution in [0.25, 0.3) is 0 Å². The second-order valence-electron chi connectivity index (χ2n) is 7.63. The van der Waals surface area contributed by atoms with Crippen LogP contribution >= 0.6 is 11.3 Å². The summed E-state index contributed by atoms with van der Waals surface area (Å²) >= 11 is 1.73.